The highest BCUT2D eigenvalue weighted by atomic mass is 32.2. The Morgan fingerprint density at radius 2 is 1.76 bits per heavy atom. The molecule has 0 spiro atoms. The van der Waals surface area contributed by atoms with E-state index >= 15 is 4.39 Å². The summed E-state index contributed by atoms with van der Waals surface area (Å²) in [6.07, 6.45) is 4.11. The summed E-state index contributed by atoms with van der Waals surface area (Å²) >= 11 is 0. The molecular formula is C24H20F3N3O3S. The van der Waals surface area contributed by atoms with E-state index in [1.54, 1.807) is 13.1 Å². The van der Waals surface area contributed by atoms with E-state index in [2.05, 4.69) is 10.3 Å². The molecule has 1 N–H and O–H groups in total. The monoisotopic (exact) mass is 487 g/mol. The molecule has 0 atom stereocenters. The van der Waals surface area contributed by atoms with Gasteiger partial charge in [0.2, 0.25) is 0 Å². The molecule has 0 bridgehead atoms. The molecule has 0 radical (unpaired) electrons. The third-order valence-electron chi connectivity index (χ3n) is 4.96. The highest BCUT2D eigenvalue weighted by molar-refractivity contribution is 7.90. The van der Waals surface area contributed by atoms with Gasteiger partial charge in [-0.3, -0.25) is 4.98 Å². The molecule has 0 fully saturated rings. The molecule has 0 saturated carbocycles. The van der Waals surface area contributed by atoms with E-state index in [1.807, 2.05) is 0 Å². The molecule has 4 rings (SSSR count). The van der Waals surface area contributed by atoms with Crippen molar-refractivity contribution in [2.45, 2.75) is 18.0 Å². The van der Waals surface area contributed by atoms with Crippen molar-refractivity contribution in [3.63, 3.8) is 0 Å². The van der Waals surface area contributed by atoms with Crippen molar-refractivity contribution in [2.24, 2.45) is 0 Å². The summed E-state index contributed by atoms with van der Waals surface area (Å²) < 4.78 is 74.8. The predicted molar refractivity (Wildman–Crippen MR) is 120 cm³/mol. The lowest BCUT2D eigenvalue weighted by Gasteiger charge is -2.12. The van der Waals surface area contributed by atoms with E-state index in [1.165, 1.54) is 42.9 Å². The molecule has 0 saturated heterocycles. The van der Waals surface area contributed by atoms with Gasteiger partial charge in [0, 0.05) is 42.8 Å². The van der Waals surface area contributed by atoms with Crippen LogP contribution in [0.1, 0.15) is 11.1 Å². The first kappa shape index (κ1) is 23.5. The molecule has 4 aromatic rings. The Balaban J connectivity index is 1.67. The molecule has 6 nitrogen and oxygen atoms in total. The van der Waals surface area contributed by atoms with Crippen molar-refractivity contribution < 1.29 is 26.3 Å². The van der Waals surface area contributed by atoms with Crippen LogP contribution in [0.3, 0.4) is 0 Å². The van der Waals surface area contributed by atoms with Gasteiger partial charge in [-0.15, -0.1) is 0 Å². The van der Waals surface area contributed by atoms with Gasteiger partial charge in [-0.25, -0.2) is 25.6 Å². The lowest BCUT2D eigenvalue weighted by Crippen LogP contribution is -2.14. The number of pyridine rings is 1. The van der Waals surface area contributed by atoms with Crippen molar-refractivity contribution in [3.8, 4) is 17.0 Å². The summed E-state index contributed by atoms with van der Waals surface area (Å²) in [6, 6.07) is 11.4. The molecule has 0 unspecified atom stereocenters. The van der Waals surface area contributed by atoms with Crippen LogP contribution in [-0.4, -0.2) is 24.4 Å². The van der Waals surface area contributed by atoms with Crippen LogP contribution in [0.4, 0.5) is 13.2 Å². The van der Waals surface area contributed by atoms with Crippen LogP contribution in [0.25, 0.3) is 11.3 Å². The largest absolute Gasteiger partial charge is 0.489 e. The minimum Gasteiger partial charge on any atom is -0.489 e. The summed E-state index contributed by atoms with van der Waals surface area (Å²) in [5, 5.41) is 2.94. The Kier molecular flexibility index (Phi) is 6.71. The van der Waals surface area contributed by atoms with Crippen LogP contribution in [0, 0.1) is 17.5 Å². The van der Waals surface area contributed by atoms with Gasteiger partial charge >= 0.3 is 0 Å². The molecule has 34 heavy (non-hydrogen) atoms. The average Bonchev–Trinajstić information content (AvgIpc) is 3.22. The molecule has 0 aliphatic carbocycles. The van der Waals surface area contributed by atoms with Crippen molar-refractivity contribution >= 4 is 10.0 Å². The van der Waals surface area contributed by atoms with Crippen LogP contribution >= 0.6 is 0 Å². The number of nitrogens with zero attached hydrogens (tertiary/aromatic N) is 2. The standard InChI is InChI=1S/C24H20F3N3O3S/c1-28-12-17-9-24(30(14-17)34(31,32)21-3-2-6-29-13-21)22-5-4-20(11-23(22)27)33-15-16-7-18(25)10-19(26)8-16/h2-11,13-14,28H,12,15H2,1H3. The SMILES string of the molecule is CNCc1cc(-c2ccc(OCc3cc(F)cc(F)c3)cc2F)n(S(=O)(=O)c2cccnc2)c1. The normalized spacial score (nSPS) is 11.5. The van der Waals surface area contributed by atoms with Crippen molar-refractivity contribution in [2.75, 3.05) is 7.05 Å². The van der Waals surface area contributed by atoms with Crippen molar-refractivity contribution in [3.05, 3.63) is 102 Å². The van der Waals surface area contributed by atoms with E-state index in [9.17, 15) is 17.2 Å². The number of halogens is 3. The van der Waals surface area contributed by atoms with Gasteiger partial charge in [-0.1, -0.05) is 0 Å². The Hall–Kier alpha value is -3.63. The van der Waals surface area contributed by atoms with Gasteiger partial charge in [0.15, 0.2) is 0 Å². The first-order valence-corrected chi connectivity index (χ1v) is 11.6. The Labute approximate surface area is 194 Å². The van der Waals surface area contributed by atoms with Crippen LogP contribution in [0.5, 0.6) is 5.75 Å². The maximum Gasteiger partial charge on any atom is 0.269 e. The zero-order valence-electron chi connectivity index (χ0n) is 18.0. The second-order valence-corrected chi connectivity index (χ2v) is 9.28. The third kappa shape index (κ3) is 4.97. The fourth-order valence-electron chi connectivity index (χ4n) is 3.46. The van der Waals surface area contributed by atoms with E-state index < -0.39 is 27.5 Å². The van der Waals surface area contributed by atoms with Crippen LogP contribution < -0.4 is 10.1 Å². The maximum atomic E-state index is 15.1. The minimum absolute atomic E-state index is 0.0365. The van der Waals surface area contributed by atoms with E-state index in [-0.39, 0.29) is 34.1 Å². The summed E-state index contributed by atoms with van der Waals surface area (Å²) in [4.78, 5) is 3.83. The lowest BCUT2D eigenvalue weighted by atomic mass is 10.1. The number of aromatic nitrogens is 2. The molecule has 0 amide bonds. The van der Waals surface area contributed by atoms with E-state index in [4.69, 9.17) is 4.74 Å². The molecule has 2 aromatic carbocycles. The molecule has 2 heterocycles. The number of ether oxygens (including phenoxy) is 1. The molecule has 2 aromatic heterocycles. The van der Waals surface area contributed by atoms with Crippen LogP contribution in [0.2, 0.25) is 0 Å². The lowest BCUT2D eigenvalue weighted by molar-refractivity contribution is 0.303. The summed E-state index contributed by atoms with van der Waals surface area (Å²) in [6.45, 7) is 0.196. The summed E-state index contributed by atoms with van der Waals surface area (Å²) in [5.41, 5.74) is 1.05. The van der Waals surface area contributed by atoms with Gasteiger partial charge in [0.05, 0.1) is 5.69 Å². The fraction of sp³-hybridized carbons (Fsp3) is 0.125. The van der Waals surface area contributed by atoms with Gasteiger partial charge in [0.25, 0.3) is 10.0 Å². The number of benzene rings is 2. The second kappa shape index (κ2) is 9.70. The molecule has 176 valence electrons. The molecule has 0 aliphatic rings. The van der Waals surface area contributed by atoms with Crippen molar-refractivity contribution in [1.29, 1.82) is 0 Å². The number of nitrogens with one attached hydrogen (secondary N) is 1. The summed E-state index contributed by atoms with van der Waals surface area (Å²) in [5.74, 6) is -2.09. The molecule has 10 heteroatoms. The first-order chi connectivity index (χ1) is 16.3. The van der Waals surface area contributed by atoms with Gasteiger partial charge in [0.1, 0.15) is 34.7 Å². The highest BCUT2D eigenvalue weighted by Gasteiger charge is 2.23. The smallest absolute Gasteiger partial charge is 0.269 e. The molecular weight excluding hydrogens is 467 g/mol. The predicted octanol–water partition coefficient (Wildman–Crippen LogP) is 4.50. The first-order valence-electron chi connectivity index (χ1n) is 10.2. The highest BCUT2D eigenvalue weighted by Crippen LogP contribution is 2.31. The Morgan fingerprint density at radius 1 is 1.00 bits per heavy atom. The topological polar surface area (TPSA) is 73.2 Å². The van der Waals surface area contributed by atoms with E-state index in [0.29, 0.717) is 12.1 Å². The minimum atomic E-state index is -4.04. The van der Waals surface area contributed by atoms with E-state index in [0.717, 1.165) is 28.2 Å². The van der Waals surface area contributed by atoms with Gasteiger partial charge < -0.3 is 10.1 Å². The number of rotatable bonds is 8. The summed E-state index contributed by atoms with van der Waals surface area (Å²) in [7, 11) is -2.33. The Morgan fingerprint density at radius 3 is 2.41 bits per heavy atom. The average molecular weight is 488 g/mol. The second-order valence-electron chi connectivity index (χ2n) is 7.46. The fourth-order valence-corrected chi connectivity index (χ4v) is 4.82. The zero-order valence-corrected chi connectivity index (χ0v) is 18.8. The quantitative estimate of drug-likeness (QED) is 0.396. The Bertz CT molecular complexity index is 1400. The maximum absolute atomic E-state index is 15.1. The molecule has 0 aliphatic heterocycles. The van der Waals surface area contributed by atoms with Gasteiger partial charge in [-0.2, -0.15) is 0 Å². The van der Waals surface area contributed by atoms with Crippen molar-refractivity contribution in [1.82, 2.24) is 14.3 Å². The van der Waals surface area contributed by atoms with Crippen LogP contribution in [0.15, 0.2) is 78.1 Å². The van der Waals surface area contributed by atoms with Crippen LogP contribution in [-0.2, 0) is 23.2 Å². The third-order valence-corrected chi connectivity index (χ3v) is 6.62. The van der Waals surface area contributed by atoms with Gasteiger partial charge in [-0.05, 0) is 60.6 Å². The zero-order chi connectivity index (χ0) is 24.3. The number of hydrogen-bond donors (Lipinski definition) is 1. The number of hydrogen-bond acceptors (Lipinski definition) is 5.